The number of aryl methyl sites for hydroxylation is 1. The highest BCUT2D eigenvalue weighted by atomic mass is 16.5. The highest BCUT2D eigenvalue weighted by Gasteiger charge is 2.43. The molecular weight excluding hydrogens is 356 g/mol. The fourth-order valence-electron chi connectivity index (χ4n) is 4.66. The molecule has 7 nitrogen and oxygen atoms in total. The molecule has 2 fully saturated rings. The number of hydrogen-bond acceptors (Lipinski definition) is 5. The van der Waals surface area contributed by atoms with E-state index in [-0.39, 0.29) is 17.4 Å². The highest BCUT2D eigenvalue weighted by molar-refractivity contribution is 5.79. The van der Waals surface area contributed by atoms with Crippen LogP contribution in [-0.2, 0) is 26.3 Å². The van der Waals surface area contributed by atoms with Crippen molar-refractivity contribution in [3.63, 3.8) is 0 Å². The third-order valence-corrected chi connectivity index (χ3v) is 6.36. The summed E-state index contributed by atoms with van der Waals surface area (Å²) >= 11 is 0. The second-order valence-corrected chi connectivity index (χ2v) is 8.21. The van der Waals surface area contributed by atoms with Gasteiger partial charge in [0.05, 0.1) is 12.3 Å². The monoisotopic (exact) mass is 386 g/mol. The van der Waals surface area contributed by atoms with Gasteiger partial charge in [0, 0.05) is 45.2 Å². The Bertz CT molecular complexity index is 743. The molecule has 1 spiro atoms. The summed E-state index contributed by atoms with van der Waals surface area (Å²) in [5.74, 6) is 1.11. The van der Waals surface area contributed by atoms with E-state index in [0.29, 0.717) is 39.1 Å². The molecule has 0 atom stereocenters. The Morgan fingerprint density at radius 3 is 2.82 bits per heavy atom. The number of ether oxygens (including phenoxy) is 1. The lowest BCUT2D eigenvalue weighted by molar-refractivity contribution is -0.142. The zero-order valence-electron chi connectivity index (χ0n) is 16.8. The minimum Gasteiger partial charge on any atom is -0.368 e. The Morgan fingerprint density at radius 1 is 1.18 bits per heavy atom. The molecule has 0 unspecified atom stereocenters. The maximum absolute atomic E-state index is 12.7. The van der Waals surface area contributed by atoms with Gasteiger partial charge < -0.3 is 14.5 Å². The summed E-state index contributed by atoms with van der Waals surface area (Å²) < 4.78 is 6.22. The lowest BCUT2D eigenvalue weighted by atomic mass is 9.83. The van der Waals surface area contributed by atoms with Crippen molar-refractivity contribution in [3.8, 4) is 0 Å². The average Bonchev–Trinajstić information content (AvgIpc) is 2.91. The molecule has 1 aromatic heterocycles. The smallest absolute Gasteiger partial charge is 0.224 e. The number of carbonyl (C=O) groups is 2. The second kappa shape index (κ2) is 8.15. The first-order valence-electron chi connectivity index (χ1n) is 10.6. The first kappa shape index (κ1) is 19.3. The number of likely N-dealkylation sites (tertiary alicyclic amines) is 2. The minimum absolute atomic E-state index is 0.141. The number of hydrogen-bond donors (Lipinski definition) is 0. The quantitative estimate of drug-likeness (QED) is 0.794. The first-order chi connectivity index (χ1) is 13.6. The highest BCUT2D eigenvalue weighted by Crippen LogP contribution is 2.40. The third-order valence-electron chi connectivity index (χ3n) is 6.36. The summed E-state index contributed by atoms with van der Waals surface area (Å²) in [5, 5.41) is 0. The zero-order valence-corrected chi connectivity index (χ0v) is 16.8. The van der Waals surface area contributed by atoms with Gasteiger partial charge in [-0.15, -0.1) is 0 Å². The summed E-state index contributed by atoms with van der Waals surface area (Å²) in [4.78, 5) is 37.7. The van der Waals surface area contributed by atoms with Gasteiger partial charge in [0.15, 0.2) is 0 Å². The van der Waals surface area contributed by atoms with Crippen LogP contribution in [0.25, 0.3) is 0 Å². The summed E-state index contributed by atoms with van der Waals surface area (Å²) in [7, 11) is 0. The fraction of sp³-hybridized carbons (Fsp3) is 0.714. The van der Waals surface area contributed by atoms with Gasteiger partial charge in [0.25, 0.3) is 0 Å². The predicted octanol–water partition coefficient (Wildman–Crippen LogP) is 1.97. The van der Waals surface area contributed by atoms with E-state index in [1.165, 1.54) is 5.56 Å². The summed E-state index contributed by atoms with van der Waals surface area (Å²) in [6.45, 7) is 5.28. The fourth-order valence-corrected chi connectivity index (χ4v) is 4.66. The number of rotatable bonds is 3. The van der Waals surface area contributed by atoms with Crippen molar-refractivity contribution >= 4 is 11.8 Å². The Balaban J connectivity index is 1.35. The molecule has 0 N–H and O–H groups in total. The maximum Gasteiger partial charge on any atom is 0.224 e. The molecule has 0 aromatic carbocycles. The largest absolute Gasteiger partial charge is 0.368 e. The number of amides is 2. The van der Waals surface area contributed by atoms with Crippen LogP contribution >= 0.6 is 0 Å². The van der Waals surface area contributed by atoms with Crippen LogP contribution in [0.1, 0.15) is 62.0 Å². The SMILES string of the molecule is Cc1ncc2c(n1)C1(CCN(C(=O)CCN3CCCCCC3=O)CC1)OCC2. The molecule has 0 aliphatic carbocycles. The molecule has 1 aromatic rings. The van der Waals surface area contributed by atoms with Crippen molar-refractivity contribution in [3.05, 3.63) is 23.3 Å². The number of nitrogens with zero attached hydrogens (tertiary/aromatic N) is 4. The van der Waals surface area contributed by atoms with Crippen LogP contribution in [0.5, 0.6) is 0 Å². The van der Waals surface area contributed by atoms with Crippen molar-refractivity contribution in [2.45, 2.75) is 63.9 Å². The molecule has 4 rings (SSSR count). The van der Waals surface area contributed by atoms with E-state index >= 15 is 0 Å². The summed E-state index contributed by atoms with van der Waals surface area (Å²) in [5.41, 5.74) is 1.82. The van der Waals surface area contributed by atoms with E-state index in [2.05, 4.69) is 4.98 Å². The van der Waals surface area contributed by atoms with Crippen LogP contribution in [0.3, 0.4) is 0 Å². The minimum atomic E-state index is -0.376. The topological polar surface area (TPSA) is 75.6 Å². The summed E-state index contributed by atoms with van der Waals surface area (Å²) in [6.07, 6.45) is 8.48. The lowest BCUT2D eigenvalue weighted by Crippen LogP contribution is -2.49. The van der Waals surface area contributed by atoms with Crippen LogP contribution in [0.15, 0.2) is 6.20 Å². The lowest BCUT2D eigenvalue weighted by Gasteiger charge is -2.44. The van der Waals surface area contributed by atoms with E-state index in [1.54, 1.807) is 0 Å². The number of aromatic nitrogens is 2. The molecule has 3 aliphatic rings. The standard InChI is InChI=1S/C21H30N4O3/c1-16-22-15-17-7-14-28-21(20(17)23-16)8-12-25(13-9-21)19(27)6-11-24-10-4-2-3-5-18(24)26/h15H,2-14H2,1H3. The average molecular weight is 386 g/mol. The Hall–Kier alpha value is -2.02. The predicted molar refractivity (Wildman–Crippen MR) is 104 cm³/mol. The van der Waals surface area contributed by atoms with Gasteiger partial charge in [-0.1, -0.05) is 6.42 Å². The van der Waals surface area contributed by atoms with E-state index in [1.807, 2.05) is 22.9 Å². The van der Waals surface area contributed by atoms with E-state index in [4.69, 9.17) is 9.72 Å². The molecule has 0 radical (unpaired) electrons. The maximum atomic E-state index is 12.7. The van der Waals surface area contributed by atoms with Gasteiger partial charge in [-0.3, -0.25) is 9.59 Å². The van der Waals surface area contributed by atoms with Crippen molar-refractivity contribution < 1.29 is 14.3 Å². The molecule has 2 amide bonds. The van der Waals surface area contributed by atoms with Gasteiger partial charge >= 0.3 is 0 Å². The van der Waals surface area contributed by atoms with Crippen molar-refractivity contribution in [1.29, 1.82) is 0 Å². The van der Waals surface area contributed by atoms with Gasteiger partial charge in [0.2, 0.25) is 11.8 Å². The van der Waals surface area contributed by atoms with Crippen LogP contribution in [0.2, 0.25) is 0 Å². The van der Waals surface area contributed by atoms with Crippen molar-refractivity contribution in [2.75, 3.05) is 32.8 Å². The van der Waals surface area contributed by atoms with Crippen molar-refractivity contribution in [2.24, 2.45) is 0 Å². The van der Waals surface area contributed by atoms with E-state index in [9.17, 15) is 9.59 Å². The molecule has 3 aliphatic heterocycles. The Morgan fingerprint density at radius 2 is 2.00 bits per heavy atom. The van der Waals surface area contributed by atoms with Gasteiger partial charge in [-0.05, 0) is 44.6 Å². The van der Waals surface area contributed by atoms with Crippen LogP contribution in [0.4, 0.5) is 0 Å². The Kier molecular flexibility index (Phi) is 5.62. The van der Waals surface area contributed by atoms with Crippen LogP contribution in [-0.4, -0.2) is 64.4 Å². The van der Waals surface area contributed by atoms with Crippen LogP contribution in [0, 0.1) is 6.92 Å². The summed E-state index contributed by atoms with van der Waals surface area (Å²) in [6, 6.07) is 0. The molecule has 2 saturated heterocycles. The van der Waals surface area contributed by atoms with Gasteiger partial charge in [0.1, 0.15) is 11.4 Å². The Labute approximate surface area is 166 Å². The molecule has 0 saturated carbocycles. The molecule has 0 bridgehead atoms. The van der Waals surface area contributed by atoms with E-state index in [0.717, 1.165) is 56.6 Å². The van der Waals surface area contributed by atoms with Gasteiger partial charge in [-0.2, -0.15) is 0 Å². The zero-order chi connectivity index (χ0) is 19.6. The third kappa shape index (κ3) is 3.90. The molecule has 4 heterocycles. The van der Waals surface area contributed by atoms with E-state index < -0.39 is 0 Å². The number of fused-ring (bicyclic) bond motifs is 2. The number of carbonyl (C=O) groups excluding carboxylic acids is 2. The molecule has 28 heavy (non-hydrogen) atoms. The molecular formula is C21H30N4O3. The van der Waals surface area contributed by atoms with Crippen LogP contribution < -0.4 is 0 Å². The molecule has 7 heteroatoms. The number of piperidine rings is 1. The normalized spacial score (nSPS) is 22.1. The molecule has 152 valence electrons. The van der Waals surface area contributed by atoms with Gasteiger partial charge in [-0.25, -0.2) is 9.97 Å². The van der Waals surface area contributed by atoms with Crippen molar-refractivity contribution in [1.82, 2.24) is 19.8 Å². The first-order valence-corrected chi connectivity index (χ1v) is 10.6. The second-order valence-electron chi connectivity index (χ2n) is 8.21.